The van der Waals surface area contributed by atoms with Gasteiger partial charge in [-0.2, -0.15) is 0 Å². The molecule has 1 amide bonds. The van der Waals surface area contributed by atoms with E-state index < -0.39 is 0 Å². The molecule has 2 heterocycles. The van der Waals surface area contributed by atoms with E-state index in [1.54, 1.807) is 0 Å². The van der Waals surface area contributed by atoms with E-state index in [9.17, 15) is 9.59 Å². The van der Waals surface area contributed by atoms with Crippen LogP contribution in [0.15, 0.2) is 24.3 Å². The van der Waals surface area contributed by atoms with Crippen LogP contribution in [0.2, 0.25) is 0 Å². The number of nitrogens with one attached hydrogen (secondary N) is 1. The summed E-state index contributed by atoms with van der Waals surface area (Å²) in [6.45, 7) is 1.14. The number of carbonyl (C=O) groups excluding carboxylic acids is 2. The van der Waals surface area contributed by atoms with E-state index in [-0.39, 0.29) is 11.9 Å². The number of rotatable bonds is 4. The molecule has 6 heteroatoms. The number of methoxy groups -OCH3 is 1. The summed E-state index contributed by atoms with van der Waals surface area (Å²) in [5, 5.41) is 3.58. The Kier molecular flexibility index (Phi) is 4.21. The number of ether oxygens (including phenoxy) is 1. The normalized spacial score (nSPS) is 15.0. The Bertz CT molecular complexity index is 843. The first-order valence-electron chi connectivity index (χ1n) is 8.53. The Morgan fingerprint density at radius 1 is 1.24 bits per heavy atom. The van der Waals surface area contributed by atoms with Crippen LogP contribution in [0.5, 0.6) is 0 Å². The van der Waals surface area contributed by atoms with Gasteiger partial charge in [0.25, 0.3) is 0 Å². The number of aryl methyl sites for hydroxylation is 1. The molecule has 1 aromatic heterocycles. The second-order valence-corrected chi connectivity index (χ2v) is 7.51. The number of benzene rings is 1. The fourth-order valence-electron chi connectivity index (χ4n) is 3.72. The van der Waals surface area contributed by atoms with E-state index in [4.69, 9.17) is 4.74 Å². The molecule has 0 radical (unpaired) electrons. The maximum Gasteiger partial charge on any atom is 0.341 e. The number of thiophene rings is 1. The van der Waals surface area contributed by atoms with Crippen LogP contribution in [0.4, 0.5) is 10.7 Å². The number of carbonyl (C=O) groups is 2. The Morgan fingerprint density at radius 3 is 2.92 bits per heavy atom. The van der Waals surface area contributed by atoms with Crippen LogP contribution in [0.1, 0.15) is 32.8 Å². The zero-order valence-electron chi connectivity index (χ0n) is 14.1. The van der Waals surface area contributed by atoms with Gasteiger partial charge in [0.05, 0.1) is 19.2 Å². The van der Waals surface area contributed by atoms with Crippen molar-refractivity contribution < 1.29 is 14.3 Å². The van der Waals surface area contributed by atoms with Gasteiger partial charge in [-0.05, 0) is 42.9 Å². The van der Waals surface area contributed by atoms with Gasteiger partial charge in [0.1, 0.15) is 5.00 Å². The highest BCUT2D eigenvalue weighted by molar-refractivity contribution is 7.17. The number of esters is 1. The number of para-hydroxylation sites is 1. The van der Waals surface area contributed by atoms with Gasteiger partial charge in [-0.1, -0.05) is 18.2 Å². The van der Waals surface area contributed by atoms with Crippen LogP contribution in [0.25, 0.3) is 0 Å². The lowest BCUT2D eigenvalue weighted by molar-refractivity contribution is -0.114. The van der Waals surface area contributed by atoms with Gasteiger partial charge in [0.15, 0.2) is 0 Å². The molecule has 0 saturated carbocycles. The van der Waals surface area contributed by atoms with Crippen molar-refractivity contribution in [3.63, 3.8) is 0 Å². The van der Waals surface area contributed by atoms with Gasteiger partial charge < -0.3 is 15.0 Å². The molecular formula is C19H20N2O3S. The molecular weight excluding hydrogens is 336 g/mol. The zero-order chi connectivity index (χ0) is 17.4. The van der Waals surface area contributed by atoms with Gasteiger partial charge in [-0.3, -0.25) is 4.79 Å². The molecule has 130 valence electrons. The fraction of sp³-hybridized carbons (Fsp3) is 0.368. The SMILES string of the molecule is COC(=O)c1c(NC(=O)CN2CCc3ccccc32)sc2c1CCC2. The number of nitrogens with zero attached hydrogens (tertiary/aromatic N) is 1. The molecule has 2 aromatic rings. The second kappa shape index (κ2) is 6.52. The third-order valence-electron chi connectivity index (χ3n) is 4.88. The molecule has 25 heavy (non-hydrogen) atoms. The average Bonchev–Trinajstić information content (AvgIpc) is 3.29. The number of fused-ring (bicyclic) bond motifs is 2. The van der Waals surface area contributed by atoms with Crippen LogP contribution >= 0.6 is 11.3 Å². The van der Waals surface area contributed by atoms with Crippen molar-refractivity contribution in [1.29, 1.82) is 0 Å². The summed E-state index contributed by atoms with van der Waals surface area (Å²) in [4.78, 5) is 28.0. The Morgan fingerprint density at radius 2 is 2.08 bits per heavy atom. The second-order valence-electron chi connectivity index (χ2n) is 6.40. The third-order valence-corrected chi connectivity index (χ3v) is 6.09. The lowest BCUT2D eigenvalue weighted by Gasteiger charge is -2.18. The maximum absolute atomic E-state index is 12.6. The number of amides is 1. The molecule has 4 rings (SSSR count). The number of hydrogen-bond acceptors (Lipinski definition) is 5. The highest BCUT2D eigenvalue weighted by atomic mass is 32.1. The quantitative estimate of drug-likeness (QED) is 0.856. The molecule has 0 unspecified atom stereocenters. The third kappa shape index (κ3) is 2.91. The molecule has 0 atom stereocenters. The molecule has 2 aliphatic rings. The summed E-state index contributed by atoms with van der Waals surface area (Å²) in [6, 6.07) is 8.17. The highest BCUT2D eigenvalue weighted by Gasteiger charge is 2.28. The van der Waals surface area contributed by atoms with E-state index in [0.717, 1.165) is 43.5 Å². The minimum Gasteiger partial charge on any atom is -0.465 e. The molecule has 5 nitrogen and oxygen atoms in total. The molecule has 1 aliphatic heterocycles. The summed E-state index contributed by atoms with van der Waals surface area (Å²) >= 11 is 1.51. The largest absolute Gasteiger partial charge is 0.465 e. The molecule has 1 aromatic carbocycles. The highest BCUT2D eigenvalue weighted by Crippen LogP contribution is 2.39. The van der Waals surface area contributed by atoms with Crippen molar-refractivity contribution >= 4 is 33.9 Å². The first-order chi connectivity index (χ1) is 12.2. The monoisotopic (exact) mass is 356 g/mol. The van der Waals surface area contributed by atoms with E-state index >= 15 is 0 Å². The topological polar surface area (TPSA) is 58.6 Å². The van der Waals surface area contributed by atoms with Crippen LogP contribution in [-0.2, 0) is 28.8 Å². The molecule has 1 N–H and O–H groups in total. The summed E-state index contributed by atoms with van der Waals surface area (Å²) < 4.78 is 4.93. The predicted octanol–water partition coefficient (Wildman–Crippen LogP) is 3.02. The Labute approximate surface area is 150 Å². The van der Waals surface area contributed by atoms with E-state index in [1.807, 2.05) is 12.1 Å². The van der Waals surface area contributed by atoms with Crippen LogP contribution in [-0.4, -0.2) is 32.1 Å². The van der Waals surface area contributed by atoms with E-state index in [2.05, 4.69) is 22.3 Å². The first-order valence-corrected chi connectivity index (χ1v) is 9.34. The summed E-state index contributed by atoms with van der Waals surface area (Å²) in [7, 11) is 1.38. The van der Waals surface area contributed by atoms with Crippen LogP contribution in [0, 0.1) is 0 Å². The summed E-state index contributed by atoms with van der Waals surface area (Å²) in [5.74, 6) is -0.456. The molecule has 0 bridgehead atoms. The molecule has 0 spiro atoms. The minimum atomic E-state index is -0.360. The predicted molar refractivity (Wildman–Crippen MR) is 98.7 cm³/mol. The summed E-state index contributed by atoms with van der Waals surface area (Å²) in [5.41, 5.74) is 4.01. The zero-order valence-corrected chi connectivity index (χ0v) is 14.9. The van der Waals surface area contributed by atoms with E-state index in [1.165, 1.54) is 28.9 Å². The van der Waals surface area contributed by atoms with Crippen molar-refractivity contribution in [3.8, 4) is 0 Å². The average molecular weight is 356 g/mol. The van der Waals surface area contributed by atoms with Gasteiger partial charge in [-0.15, -0.1) is 11.3 Å². The van der Waals surface area contributed by atoms with Crippen molar-refractivity contribution in [3.05, 3.63) is 45.8 Å². The van der Waals surface area contributed by atoms with Crippen molar-refractivity contribution in [2.75, 3.05) is 30.4 Å². The van der Waals surface area contributed by atoms with Crippen molar-refractivity contribution in [1.82, 2.24) is 0 Å². The minimum absolute atomic E-state index is 0.0956. The lowest BCUT2D eigenvalue weighted by atomic mass is 10.1. The summed E-state index contributed by atoms with van der Waals surface area (Å²) in [6.07, 6.45) is 3.87. The number of hydrogen-bond donors (Lipinski definition) is 1. The van der Waals surface area contributed by atoms with Crippen LogP contribution in [0.3, 0.4) is 0 Å². The standard InChI is InChI=1S/C19H20N2O3S/c1-24-19(23)17-13-6-4-8-15(13)25-18(17)20-16(22)11-21-10-9-12-5-2-3-7-14(12)21/h2-3,5,7H,4,6,8-11H2,1H3,(H,20,22). The fourth-order valence-corrected chi connectivity index (χ4v) is 5.01. The Balaban J connectivity index is 1.51. The lowest BCUT2D eigenvalue weighted by Crippen LogP contribution is -2.32. The van der Waals surface area contributed by atoms with Gasteiger partial charge >= 0.3 is 5.97 Å². The molecule has 0 fully saturated rings. The number of anilines is 2. The Hall–Kier alpha value is -2.34. The smallest absolute Gasteiger partial charge is 0.341 e. The molecule has 1 aliphatic carbocycles. The maximum atomic E-state index is 12.6. The van der Waals surface area contributed by atoms with Gasteiger partial charge in [0, 0.05) is 17.1 Å². The van der Waals surface area contributed by atoms with Crippen molar-refractivity contribution in [2.24, 2.45) is 0 Å². The van der Waals surface area contributed by atoms with E-state index in [0.29, 0.717) is 17.1 Å². The van der Waals surface area contributed by atoms with Gasteiger partial charge in [0.2, 0.25) is 5.91 Å². The van der Waals surface area contributed by atoms with Crippen LogP contribution < -0.4 is 10.2 Å². The van der Waals surface area contributed by atoms with Gasteiger partial charge in [-0.25, -0.2) is 4.79 Å². The molecule has 0 saturated heterocycles. The van der Waals surface area contributed by atoms with Crippen molar-refractivity contribution in [2.45, 2.75) is 25.7 Å². The first kappa shape index (κ1) is 16.1.